The van der Waals surface area contributed by atoms with Gasteiger partial charge in [-0.2, -0.15) is 0 Å². The van der Waals surface area contributed by atoms with Gasteiger partial charge in [-0.25, -0.2) is 4.79 Å². The average Bonchev–Trinajstić information content (AvgIpc) is 2.93. The van der Waals surface area contributed by atoms with Crippen LogP contribution in [0.25, 0.3) is 0 Å². The maximum absolute atomic E-state index is 12.0. The van der Waals surface area contributed by atoms with E-state index >= 15 is 0 Å². The lowest BCUT2D eigenvalue weighted by Gasteiger charge is -2.16. The molecule has 1 heterocycles. The van der Waals surface area contributed by atoms with E-state index in [0.717, 1.165) is 12.1 Å². The first kappa shape index (κ1) is 16.0. The van der Waals surface area contributed by atoms with Crippen molar-refractivity contribution in [2.75, 3.05) is 18.0 Å². The molecular weight excluding hydrogens is 284 g/mol. The Morgan fingerprint density at radius 1 is 1.32 bits per heavy atom. The van der Waals surface area contributed by atoms with Crippen LogP contribution in [-0.2, 0) is 14.3 Å². The van der Waals surface area contributed by atoms with E-state index in [-0.39, 0.29) is 11.8 Å². The molecule has 0 saturated carbocycles. The summed E-state index contributed by atoms with van der Waals surface area (Å²) in [5, 5.41) is 2.59. The molecule has 0 aromatic heterocycles. The smallest absolute Gasteiger partial charge is 0.338 e. The number of hydrogen-bond acceptors (Lipinski definition) is 4. The van der Waals surface area contributed by atoms with Crippen LogP contribution in [0.4, 0.5) is 5.69 Å². The first-order valence-corrected chi connectivity index (χ1v) is 7.42. The molecule has 1 fully saturated rings. The van der Waals surface area contributed by atoms with Crippen molar-refractivity contribution in [2.24, 2.45) is 0 Å². The second kappa shape index (κ2) is 7.06. The Morgan fingerprint density at radius 3 is 2.55 bits per heavy atom. The van der Waals surface area contributed by atoms with Crippen LogP contribution in [0.15, 0.2) is 24.3 Å². The largest absolute Gasteiger partial charge is 0.449 e. The fourth-order valence-corrected chi connectivity index (χ4v) is 2.30. The van der Waals surface area contributed by atoms with Gasteiger partial charge in [0.25, 0.3) is 5.91 Å². The number of ether oxygens (including phenoxy) is 1. The van der Waals surface area contributed by atoms with Gasteiger partial charge in [-0.05, 0) is 44.5 Å². The lowest BCUT2D eigenvalue weighted by molar-refractivity contribution is -0.129. The number of amides is 2. The van der Waals surface area contributed by atoms with Crippen LogP contribution < -0.4 is 10.2 Å². The van der Waals surface area contributed by atoms with Crippen molar-refractivity contribution in [3.63, 3.8) is 0 Å². The summed E-state index contributed by atoms with van der Waals surface area (Å²) >= 11 is 0. The zero-order valence-corrected chi connectivity index (χ0v) is 12.8. The highest BCUT2D eigenvalue weighted by molar-refractivity contribution is 5.96. The number of carbonyl (C=O) groups excluding carboxylic acids is 3. The molecule has 22 heavy (non-hydrogen) atoms. The summed E-state index contributed by atoms with van der Waals surface area (Å²) in [6, 6.07) is 6.65. The molecule has 1 N–H and O–H groups in total. The molecule has 0 radical (unpaired) electrons. The molecule has 0 spiro atoms. The maximum atomic E-state index is 12.0. The highest BCUT2D eigenvalue weighted by atomic mass is 16.5. The number of anilines is 1. The standard InChI is InChI=1S/C16H20N2O4/c1-3-17-15(20)11(2)22-16(21)12-6-8-13(9-7-12)18-10-4-5-14(18)19/h6-9,11H,3-5,10H2,1-2H3,(H,17,20)/t11-/m0/s1. The van der Waals surface area contributed by atoms with E-state index in [2.05, 4.69) is 5.32 Å². The minimum atomic E-state index is -0.840. The van der Waals surface area contributed by atoms with Gasteiger partial charge in [-0.15, -0.1) is 0 Å². The van der Waals surface area contributed by atoms with Crippen LogP contribution in [0.1, 0.15) is 37.0 Å². The van der Waals surface area contributed by atoms with Gasteiger partial charge in [0.15, 0.2) is 6.10 Å². The van der Waals surface area contributed by atoms with Crippen molar-refractivity contribution in [1.29, 1.82) is 0 Å². The van der Waals surface area contributed by atoms with Gasteiger partial charge in [-0.3, -0.25) is 9.59 Å². The third kappa shape index (κ3) is 3.63. The summed E-state index contributed by atoms with van der Waals surface area (Å²) in [4.78, 5) is 36.9. The molecule has 2 rings (SSSR count). The Labute approximate surface area is 129 Å². The topological polar surface area (TPSA) is 75.7 Å². The molecule has 1 aliphatic rings. The van der Waals surface area contributed by atoms with Crippen LogP contribution in [0.5, 0.6) is 0 Å². The highest BCUT2D eigenvalue weighted by Crippen LogP contribution is 2.21. The van der Waals surface area contributed by atoms with Gasteiger partial charge in [-0.1, -0.05) is 0 Å². The van der Waals surface area contributed by atoms with Crippen molar-refractivity contribution in [3.8, 4) is 0 Å². The number of esters is 1. The van der Waals surface area contributed by atoms with Gasteiger partial charge in [0.1, 0.15) is 0 Å². The number of hydrogen-bond donors (Lipinski definition) is 1. The second-order valence-electron chi connectivity index (χ2n) is 5.14. The third-order valence-corrected chi connectivity index (χ3v) is 3.49. The molecule has 1 atom stereocenters. The summed E-state index contributed by atoms with van der Waals surface area (Å²) in [7, 11) is 0. The molecule has 0 unspecified atom stereocenters. The lowest BCUT2D eigenvalue weighted by atomic mass is 10.2. The summed E-state index contributed by atoms with van der Waals surface area (Å²) in [5.41, 5.74) is 1.13. The first-order chi connectivity index (χ1) is 10.5. The Hall–Kier alpha value is -2.37. The van der Waals surface area contributed by atoms with Gasteiger partial charge >= 0.3 is 5.97 Å². The number of nitrogens with zero attached hydrogens (tertiary/aromatic N) is 1. The predicted molar refractivity (Wildman–Crippen MR) is 81.6 cm³/mol. The molecule has 1 aromatic rings. The summed E-state index contributed by atoms with van der Waals surface area (Å²) in [6.07, 6.45) is 0.577. The van der Waals surface area contributed by atoms with E-state index in [0.29, 0.717) is 25.1 Å². The van der Waals surface area contributed by atoms with E-state index in [1.54, 1.807) is 36.1 Å². The van der Waals surface area contributed by atoms with Gasteiger partial charge < -0.3 is 15.0 Å². The summed E-state index contributed by atoms with van der Waals surface area (Å²) < 4.78 is 5.11. The molecule has 2 amide bonds. The minimum Gasteiger partial charge on any atom is -0.449 e. The van der Waals surface area contributed by atoms with Crippen LogP contribution >= 0.6 is 0 Å². The van der Waals surface area contributed by atoms with Crippen molar-refractivity contribution < 1.29 is 19.1 Å². The number of rotatable bonds is 5. The minimum absolute atomic E-state index is 0.0974. The Bertz CT molecular complexity index is 568. The van der Waals surface area contributed by atoms with Gasteiger partial charge in [0.05, 0.1) is 5.56 Å². The summed E-state index contributed by atoms with van der Waals surface area (Å²) in [6.45, 7) is 4.51. The van der Waals surface area contributed by atoms with Crippen molar-refractivity contribution >= 4 is 23.5 Å². The quantitative estimate of drug-likeness (QED) is 0.836. The molecule has 118 valence electrons. The molecule has 6 heteroatoms. The van der Waals surface area contributed by atoms with E-state index in [4.69, 9.17) is 4.74 Å². The van der Waals surface area contributed by atoms with Crippen LogP contribution in [0, 0.1) is 0 Å². The highest BCUT2D eigenvalue weighted by Gasteiger charge is 2.22. The summed E-state index contributed by atoms with van der Waals surface area (Å²) in [5.74, 6) is -0.784. The maximum Gasteiger partial charge on any atom is 0.338 e. The van der Waals surface area contributed by atoms with Crippen molar-refractivity contribution in [3.05, 3.63) is 29.8 Å². The molecule has 0 bridgehead atoms. The second-order valence-corrected chi connectivity index (χ2v) is 5.14. The Kier molecular flexibility index (Phi) is 5.14. The monoisotopic (exact) mass is 304 g/mol. The Morgan fingerprint density at radius 2 is 2.00 bits per heavy atom. The molecule has 1 aromatic carbocycles. The molecular formula is C16H20N2O4. The van der Waals surface area contributed by atoms with Crippen molar-refractivity contribution in [1.82, 2.24) is 5.32 Å². The third-order valence-electron chi connectivity index (χ3n) is 3.49. The SMILES string of the molecule is CCNC(=O)[C@H](C)OC(=O)c1ccc(N2CCCC2=O)cc1. The zero-order chi connectivity index (χ0) is 16.1. The number of likely N-dealkylation sites (N-methyl/N-ethyl adjacent to an activating group) is 1. The van der Waals surface area contributed by atoms with E-state index in [1.807, 2.05) is 0 Å². The van der Waals surface area contributed by atoms with Crippen LogP contribution in [-0.4, -0.2) is 37.0 Å². The van der Waals surface area contributed by atoms with Crippen LogP contribution in [0.2, 0.25) is 0 Å². The van der Waals surface area contributed by atoms with Gasteiger partial charge in [0.2, 0.25) is 5.91 Å². The Balaban J connectivity index is 1.99. The van der Waals surface area contributed by atoms with E-state index < -0.39 is 12.1 Å². The zero-order valence-electron chi connectivity index (χ0n) is 12.8. The fourth-order valence-electron chi connectivity index (χ4n) is 2.30. The molecule has 1 saturated heterocycles. The molecule has 0 aliphatic carbocycles. The number of carbonyl (C=O) groups is 3. The van der Waals surface area contributed by atoms with Gasteiger partial charge in [0, 0.05) is 25.2 Å². The number of nitrogens with one attached hydrogen (secondary N) is 1. The molecule has 6 nitrogen and oxygen atoms in total. The molecule has 1 aliphatic heterocycles. The predicted octanol–water partition coefficient (Wildman–Crippen LogP) is 1.49. The average molecular weight is 304 g/mol. The first-order valence-electron chi connectivity index (χ1n) is 7.42. The van der Waals surface area contributed by atoms with E-state index in [1.165, 1.54) is 6.92 Å². The normalized spacial score (nSPS) is 15.5. The van der Waals surface area contributed by atoms with Crippen molar-refractivity contribution in [2.45, 2.75) is 32.8 Å². The van der Waals surface area contributed by atoms with E-state index in [9.17, 15) is 14.4 Å². The van der Waals surface area contributed by atoms with Crippen LogP contribution in [0.3, 0.4) is 0 Å². The number of benzene rings is 1. The fraction of sp³-hybridized carbons (Fsp3) is 0.438. The lowest BCUT2D eigenvalue weighted by Crippen LogP contribution is -2.35.